The number of nitrogens with one attached hydrogen (secondary N) is 1. The molecule has 0 amide bonds. The fourth-order valence-electron chi connectivity index (χ4n) is 3.80. The predicted octanol–water partition coefficient (Wildman–Crippen LogP) is 1.40. The minimum atomic E-state index is -0.415. The largest absolute Gasteiger partial charge is 0.468 e. The highest BCUT2D eigenvalue weighted by Crippen LogP contribution is 2.48. The van der Waals surface area contributed by atoms with Gasteiger partial charge in [-0.1, -0.05) is 26.7 Å². The smallest absolute Gasteiger partial charge is 0.326 e. The zero-order chi connectivity index (χ0) is 13.2. The highest BCUT2D eigenvalue weighted by molar-refractivity contribution is 5.82. The van der Waals surface area contributed by atoms with Crippen LogP contribution in [0.5, 0.6) is 0 Å². The normalized spacial score (nSPS) is 33.1. The topological polar surface area (TPSA) is 41.6 Å². The summed E-state index contributed by atoms with van der Waals surface area (Å²) in [6, 6.07) is 0. The number of nitrogens with zero attached hydrogens (tertiary/aromatic N) is 1. The molecule has 0 spiro atoms. The van der Waals surface area contributed by atoms with Gasteiger partial charge in [0.1, 0.15) is 5.54 Å². The van der Waals surface area contributed by atoms with Crippen LogP contribution in [0.2, 0.25) is 0 Å². The van der Waals surface area contributed by atoms with Gasteiger partial charge >= 0.3 is 5.97 Å². The quantitative estimate of drug-likeness (QED) is 0.756. The molecule has 0 aromatic carbocycles. The number of methoxy groups -OCH3 is 1. The van der Waals surface area contributed by atoms with Crippen molar-refractivity contribution in [3.8, 4) is 0 Å². The Morgan fingerprint density at radius 2 is 1.78 bits per heavy atom. The summed E-state index contributed by atoms with van der Waals surface area (Å²) >= 11 is 0. The molecule has 1 aliphatic carbocycles. The third kappa shape index (κ3) is 2.05. The number of ether oxygens (including phenoxy) is 1. The van der Waals surface area contributed by atoms with E-state index in [0.29, 0.717) is 0 Å². The first kappa shape index (κ1) is 13.8. The molecule has 1 atom stereocenters. The minimum absolute atomic E-state index is 0.00428. The van der Waals surface area contributed by atoms with E-state index in [1.54, 1.807) is 0 Å². The standard InChI is InChI=1S/C14H26N2O2/c1-13(2)6-4-5-7-14(13,12(17)18-3)16-10-8-15-9-11-16/h15H,4-11H2,1-3H3. The van der Waals surface area contributed by atoms with Crippen molar-refractivity contribution in [3.05, 3.63) is 0 Å². The van der Waals surface area contributed by atoms with Crippen molar-refractivity contribution >= 4 is 5.97 Å². The zero-order valence-electron chi connectivity index (χ0n) is 11.9. The van der Waals surface area contributed by atoms with Crippen LogP contribution in [-0.2, 0) is 9.53 Å². The lowest BCUT2D eigenvalue weighted by Gasteiger charge is -2.54. The van der Waals surface area contributed by atoms with Crippen molar-refractivity contribution in [2.75, 3.05) is 33.3 Å². The average Bonchev–Trinajstić information content (AvgIpc) is 2.38. The monoisotopic (exact) mass is 254 g/mol. The molecule has 0 radical (unpaired) electrons. The van der Waals surface area contributed by atoms with Crippen molar-refractivity contribution in [2.24, 2.45) is 5.41 Å². The molecule has 1 N–H and O–H groups in total. The lowest BCUT2D eigenvalue weighted by atomic mass is 9.62. The Morgan fingerprint density at radius 1 is 1.17 bits per heavy atom. The number of carbonyl (C=O) groups is 1. The van der Waals surface area contributed by atoms with Crippen molar-refractivity contribution in [1.82, 2.24) is 10.2 Å². The van der Waals surface area contributed by atoms with E-state index < -0.39 is 5.54 Å². The van der Waals surface area contributed by atoms with Crippen LogP contribution in [-0.4, -0.2) is 49.7 Å². The van der Waals surface area contributed by atoms with Gasteiger partial charge in [-0.2, -0.15) is 0 Å². The van der Waals surface area contributed by atoms with Crippen LogP contribution in [0.4, 0.5) is 0 Å². The van der Waals surface area contributed by atoms with Crippen LogP contribution in [0.15, 0.2) is 0 Å². The molecule has 0 aromatic rings. The first-order valence-electron chi connectivity index (χ1n) is 7.09. The van der Waals surface area contributed by atoms with Crippen molar-refractivity contribution in [2.45, 2.75) is 45.1 Å². The Hall–Kier alpha value is -0.610. The summed E-state index contributed by atoms with van der Waals surface area (Å²) in [4.78, 5) is 14.9. The van der Waals surface area contributed by atoms with Crippen LogP contribution in [0, 0.1) is 5.41 Å². The minimum Gasteiger partial charge on any atom is -0.468 e. The van der Waals surface area contributed by atoms with Gasteiger partial charge in [-0.3, -0.25) is 9.69 Å². The summed E-state index contributed by atoms with van der Waals surface area (Å²) in [6.45, 7) is 8.27. The van der Waals surface area contributed by atoms with Gasteiger partial charge in [0.05, 0.1) is 7.11 Å². The van der Waals surface area contributed by atoms with E-state index in [1.807, 2.05) is 0 Å². The number of rotatable bonds is 2. The summed E-state index contributed by atoms with van der Waals surface area (Å²) in [7, 11) is 1.52. The Labute approximate surface area is 110 Å². The molecule has 4 nitrogen and oxygen atoms in total. The van der Waals surface area contributed by atoms with Crippen molar-refractivity contribution in [3.63, 3.8) is 0 Å². The number of hydrogen-bond donors (Lipinski definition) is 1. The van der Waals surface area contributed by atoms with Gasteiger partial charge in [-0.15, -0.1) is 0 Å². The highest BCUT2D eigenvalue weighted by Gasteiger charge is 2.56. The van der Waals surface area contributed by atoms with E-state index in [2.05, 4.69) is 24.1 Å². The van der Waals surface area contributed by atoms with Crippen LogP contribution in [0.3, 0.4) is 0 Å². The Balaban J connectivity index is 2.34. The summed E-state index contributed by atoms with van der Waals surface area (Å²) in [5.41, 5.74) is -0.419. The van der Waals surface area contributed by atoms with E-state index in [0.717, 1.165) is 45.4 Å². The van der Waals surface area contributed by atoms with Gasteiger partial charge in [0, 0.05) is 26.2 Å². The highest BCUT2D eigenvalue weighted by atomic mass is 16.5. The summed E-state index contributed by atoms with van der Waals surface area (Å²) < 4.78 is 5.18. The fourth-order valence-corrected chi connectivity index (χ4v) is 3.80. The number of esters is 1. The molecule has 0 aromatic heterocycles. The lowest BCUT2D eigenvalue weighted by Crippen LogP contribution is -2.68. The molecule has 1 heterocycles. The fraction of sp³-hybridized carbons (Fsp3) is 0.929. The third-order valence-electron chi connectivity index (χ3n) is 4.89. The van der Waals surface area contributed by atoms with Gasteiger partial charge in [0.2, 0.25) is 0 Å². The second kappa shape index (κ2) is 5.17. The van der Waals surface area contributed by atoms with Gasteiger partial charge in [-0.05, 0) is 18.3 Å². The van der Waals surface area contributed by atoms with Gasteiger partial charge in [0.25, 0.3) is 0 Å². The maximum Gasteiger partial charge on any atom is 0.326 e. The molecule has 1 saturated heterocycles. The molecule has 1 unspecified atom stereocenters. The van der Waals surface area contributed by atoms with Crippen molar-refractivity contribution in [1.29, 1.82) is 0 Å². The molecule has 2 rings (SSSR count). The molecule has 0 bridgehead atoms. The number of piperazine rings is 1. The van der Waals surface area contributed by atoms with Gasteiger partial charge in [0.15, 0.2) is 0 Å². The first-order chi connectivity index (χ1) is 8.54. The number of hydrogen-bond acceptors (Lipinski definition) is 4. The van der Waals surface area contributed by atoms with Crippen LogP contribution >= 0.6 is 0 Å². The van der Waals surface area contributed by atoms with E-state index in [-0.39, 0.29) is 11.4 Å². The Morgan fingerprint density at radius 3 is 2.33 bits per heavy atom. The second-order valence-electron chi connectivity index (χ2n) is 6.18. The maximum atomic E-state index is 12.5. The zero-order valence-corrected chi connectivity index (χ0v) is 11.9. The second-order valence-corrected chi connectivity index (χ2v) is 6.18. The Bertz CT molecular complexity index is 311. The van der Waals surface area contributed by atoms with Gasteiger partial charge < -0.3 is 10.1 Å². The van der Waals surface area contributed by atoms with Gasteiger partial charge in [-0.25, -0.2) is 0 Å². The molecule has 1 saturated carbocycles. The molecule has 104 valence electrons. The average molecular weight is 254 g/mol. The van der Waals surface area contributed by atoms with E-state index >= 15 is 0 Å². The summed E-state index contributed by atoms with van der Waals surface area (Å²) in [5, 5.41) is 3.36. The summed E-state index contributed by atoms with van der Waals surface area (Å²) in [6.07, 6.45) is 4.39. The molecule has 2 fully saturated rings. The molecule has 18 heavy (non-hydrogen) atoms. The third-order valence-corrected chi connectivity index (χ3v) is 4.89. The molecule has 1 aliphatic heterocycles. The Kier molecular flexibility index (Phi) is 3.97. The van der Waals surface area contributed by atoms with Crippen LogP contribution < -0.4 is 5.32 Å². The molecule has 4 heteroatoms. The van der Waals surface area contributed by atoms with Crippen molar-refractivity contribution < 1.29 is 9.53 Å². The SMILES string of the molecule is COC(=O)C1(N2CCNCC2)CCCCC1(C)C. The van der Waals surface area contributed by atoms with Crippen LogP contribution in [0.25, 0.3) is 0 Å². The number of carbonyl (C=O) groups excluding carboxylic acids is 1. The first-order valence-corrected chi connectivity index (χ1v) is 7.09. The predicted molar refractivity (Wildman–Crippen MR) is 71.4 cm³/mol. The molecular weight excluding hydrogens is 228 g/mol. The van der Waals surface area contributed by atoms with Crippen LogP contribution in [0.1, 0.15) is 39.5 Å². The maximum absolute atomic E-state index is 12.5. The van der Waals surface area contributed by atoms with E-state index in [1.165, 1.54) is 13.5 Å². The van der Waals surface area contributed by atoms with E-state index in [4.69, 9.17) is 4.74 Å². The summed E-state index contributed by atoms with van der Waals surface area (Å²) in [5.74, 6) is -0.0332. The molecular formula is C14H26N2O2. The lowest BCUT2D eigenvalue weighted by molar-refractivity contribution is -0.171. The molecule has 2 aliphatic rings. The van der Waals surface area contributed by atoms with E-state index in [9.17, 15) is 4.79 Å².